The van der Waals surface area contributed by atoms with E-state index in [1.807, 2.05) is 0 Å². The molecule has 1 aliphatic carbocycles. The van der Waals surface area contributed by atoms with E-state index < -0.39 is 17.4 Å². The molecule has 0 radical (unpaired) electrons. The monoisotopic (exact) mass is 342 g/mol. The van der Waals surface area contributed by atoms with E-state index in [0.717, 1.165) is 4.90 Å². The Morgan fingerprint density at radius 3 is 2.42 bits per heavy atom. The average Bonchev–Trinajstić information content (AvgIpc) is 2.54. The Morgan fingerprint density at radius 1 is 1.25 bits per heavy atom. The average molecular weight is 342 g/mol. The molecule has 1 aromatic rings. The third kappa shape index (κ3) is 2.97. The van der Waals surface area contributed by atoms with Gasteiger partial charge in [-0.25, -0.2) is 4.39 Å². The smallest absolute Gasteiger partial charge is 0.352 e. The first-order valence-electron chi connectivity index (χ1n) is 8.24. The molecule has 1 saturated carbocycles. The van der Waals surface area contributed by atoms with Crippen LogP contribution in [0.1, 0.15) is 32.1 Å². The number of likely N-dealkylation sites (tertiary alicyclic amines) is 1. The van der Waals surface area contributed by atoms with Gasteiger partial charge in [0.05, 0.1) is 5.69 Å². The lowest BCUT2D eigenvalue weighted by atomic mass is 9.75. The first-order chi connectivity index (χ1) is 11.3. The van der Waals surface area contributed by atoms with Crippen molar-refractivity contribution in [2.75, 3.05) is 18.4 Å². The highest BCUT2D eigenvalue weighted by Crippen LogP contribution is 2.45. The highest BCUT2D eigenvalue weighted by Gasteiger charge is 2.62. The first kappa shape index (κ1) is 17.1. The van der Waals surface area contributed by atoms with E-state index in [1.54, 1.807) is 18.2 Å². The van der Waals surface area contributed by atoms with Crippen LogP contribution in [0.5, 0.6) is 0 Å². The summed E-state index contributed by atoms with van der Waals surface area (Å²) in [5.41, 5.74) is -1.82. The van der Waals surface area contributed by atoms with Gasteiger partial charge in [0.1, 0.15) is 11.4 Å². The second-order valence-electron chi connectivity index (χ2n) is 6.65. The maximum Gasteiger partial charge on any atom is 0.352 e. The van der Waals surface area contributed by atoms with Crippen LogP contribution in [0.2, 0.25) is 0 Å². The summed E-state index contributed by atoms with van der Waals surface area (Å²) in [5, 5.41) is 12.9. The van der Waals surface area contributed by atoms with Gasteiger partial charge in [0.25, 0.3) is 5.91 Å². The van der Waals surface area contributed by atoms with Gasteiger partial charge in [0, 0.05) is 19.1 Å². The van der Waals surface area contributed by atoms with Gasteiger partial charge in [0.15, 0.2) is 0 Å². The van der Waals surface area contributed by atoms with Crippen LogP contribution in [0, 0.1) is 5.82 Å². The highest BCUT2D eigenvalue weighted by atomic mass is 19.3. The van der Waals surface area contributed by atoms with Gasteiger partial charge in [-0.2, -0.15) is 8.78 Å². The zero-order valence-electron chi connectivity index (χ0n) is 13.3. The van der Waals surface area contributed by atoms with Crippen molar-refractivity contribution in [1.82, 2.24) is 4.90 Å². The maximum atomic E-state index is 14.2. The number of nitrogens with one attached hydrogen (secondary N) is 1. The van der Waals surface area contributed by atoms with Crippen LogP contribution in [-0.2, 0) is 4.79 Å². The standard InChI is InChI=1S/C17H21F3N2O2/c18-13-4-1-2-5-14(13)21-12-6-10-22(11-7-12)15(23)17(19,20)16(24)8-3-9-16/h1-2,4-5,12,21,24H,3,6-11H2. The molecule has 1 heterocycles. The number of alkyl halides is 2. The lowest BCUT2D eigenvalue weighted by Crippen LogP contribution is -2.62. The minimum atomic E-state index is -3.74. The SMILES string of the molecule is O=C(N1CCC(Nc2ccccc2F)CC1)C(F)(F)C1(O)CCC1. The fraction of sp³-hybridized carbons (Fsp3) is 0.588. The fourth-order valence-corrected chi connectivity index (χ4v) is 3.25. The minimum Gasteiger partial charge on any atom is -0.383 e. The van der Waals surface area contributed by atoms with Crippen molar-refractivity contribution in [3.8, 4) is 0 Å². The predicted molar refractivity (Wildman–Crippen MR) is 83.4 cm³/mol. The second kappa shape index (κ2) is 6.27. The number of rotatable bonds is 4. The van der Waals surface area contributed by atoms with Gasteiger partial charge >= 0.3 is 5.92 Å². The lowest BCUT2D eigenvalue weighted by molar-refractivity contribution is -0.224. The minimum absolute atomic E-state index is 0.0446. The molecular formula is C17H21F3N2O2. The quantitative estimate of drug-likeness (QED) is 0.885. The van der Waals surface area contributed by atoms with Crippen LogP contribution in [0.3, 0.4) is 0 Å². The normalized spacial score (nSPS) is 21.2. The number of piperidine rings is 1. The Morgan fingerprint density at radius 2 is 1.88 bits per heavy atom. The molecule has 1 aliphatic heterocycles. The Kier molecular flexibility index (Phi) is 4.46. The number of halogens is 3. The Labute approximate surface area is 138 Å². The summed E-state index contributed by atoms with van der Waals surface area (Å²) in [6, 6.07) is 6.19. The first-order valence-corrected chi connectivity index (χ1v) is 8.24. The molecule has 4 nitrogen and oxygen atoms in total. The summed E-state index contributed by atoms with van der Waals surface area (Å²) in [5.74, 6) is -5.40. The topological polar surface area (TPSA) is 52.6 Å². The third-order valence-corrected chi connectivity index (χ3v) is 5.05. The van der Waals surface area contributed by atoms with Gasteiger partial charge < -0.3 is 15.3 Å². The number of nitrogens with zero attached hydrogens (tertiary/aromatic N) is 1. The number of benzene rings is 1. The molecule has 132 valence electrons. The van der Waals surface area contributed by atoms with Crippen molar-refractivity contribution in [2.45, 2.75) is 49.7 Å². The molecule has 2 aliphatic rings. The van der Waals surface area contributed by atoms with E-state index in [1.165, 1.54) is 6.07 Å². The van der Waals surface area contributed by atoms with E-state index in [-0.39, 0.29) is 37.8 Å². The van der Waals surface area contributed by atoms with Crippen molar-refractivity contribution in [3.05, 3.63) is 30.1 Å². The number of carbonyl (C=O) groups excluding carboxylic acids is 1. The highest BCUT2D eigenvalue weighted by molar-refractivity contribution is 5.85. The van der Waals surface area contributed by atoms with Crippen LogP contribution >= 0.6 is 0 Å². The van der Waals surface area contributed by atoms with Crippen molar-refractivity contribution >= 4 is 11.6 Å². The van der Waals surface area contributed by atoms with Crippen molar-refractivity contribution in [2.24, 2.45) is 0 Å². The molecule has 0 atom stereocenters. The Balaban J connectivity index is 1.57. The molecule has 0 unspecified atom stereocenters. The van der Waals surface area contributed by atoms with Crippen LogP contribution in [0.4, 0.5) is 18.9 Å². The lowest BCUT2D eigenvalue weighted by Gasteiger charge is -2.44. The summed E-state index contributed by atoms with van der Waals surface area (Å²) in [6.07, 6.45) is 1.32. The van der Waals surface area contributed by atoms with Gasteiger partial charge in [-0.1, -0.05) is 12.1 Å². The van der Waals surface area contributed by atoms with Gasteiger partial charge in [-0.05, 0) is 44.2 Å². The molecule has 0 bridgehead atoms. The summed E-state index contributed by atoms with van der Waals surface area (Å²) in [4.78, 5) is 13.2. The van der Waals surface area contributed by atoms with Crippen LogP contribution in [0.25, 0.3) is 0 Å². The van der Waals surface area contributed by atoms with Gasteiger partial charge in [-0.3, -0.25) is 4.79 Å². The van der Waals surface area contributed by atoms with E-state index >= 15 is 0 Å². The number of aliphatic hydroxyl groups is 1. The summed E-state index contributed by atoms with van der Waals surface area (Å²) < 4.78 is 42.1. The Bertz CT molecular complexity index is 612. The number of carbonyl (C=O) groups is 1. The number of hydrogen-bond donors (Lipinski definition) is 2. The molecule has 24 heavy (non-hydrogen) atoms. The third-order valence-electron chi connectivity index (χ3n) is 5.05. The van der Waals surface area contributed by atoms with E-state index in [4.69, 9.17) is 0 Å². The van der Waals surface area contributed by atoms with Gasteiger partial charge in [-0.15, -0.1) is 0 Å². The molecule has 7 heteroatoms. The Hall–Kier alpha value is -1.76. The molecule has 0 spiro atoms. The summed E-state index contributed by atoms with van der Waals surface area (Å²) >= 11 is 0. The van der Waals surface area contributed by atoms with Crippen LogP contribution in [0.15, 0.2) is 24.3 Å². The zero-order chi connectivity index (χ0) is 17.4. The zero-order valence-corrected chi connectivity index (χ0v) is 13.3. The number of para-hydroxylation sites is 1. The molecule has 2 N–H and O–H groups in total. The van der Waals surface area contributed by atoms with E-state index in [9.17, 15) is 23.1 Å². The van der Waals surface area contributed by atoms with E-state index in [0.29, 0.717) is 24.9 Å². The van der Waals surface area contributed by atoms with Crippen molar-refractivity contribution in [1.29, 1.82) is 0 Å². The fourth-order valence-electron chi connectivity index (χ4n) is 3.25. The van der Waals surface area contributed by atoms with Crippen LogP contribution in [-0.4, -0.2) is 46.6 Å². The summed E-state index contributed by atoms with van der Waals surface area (Å²) in [6.45, 7) is 0.327. The molecular weight excluding hydrogens is 321 g/mol. The molecule has 0 aromatic heterocycles. The maximum absolute atomic E-state index is 14.2. The molecule has 2 fully saturated rings. The molecule has 1 amide bonds. The number of amides is 1. The molecule has 1 aromatic carbocycles. The number of anilines is 1. The van der Waals surface area contributed by atoms with Crippen molar-refractivity contribution in [3.63, 3.8) is 0 Å². The van der Waals surface area contributed by atoms with Gasteiger partial charge in [0.2, 0.25) is 0 Å². The molecule has 1 saturated heterocycles. The largest absolute Gasteiger partial charge is 0.383 e. The van der Waals surface area contributed by atoms with Crippen LogP contribution < -0.4 is 5.32 Å². The van der Waals surface area contributed by atoms with Crippen molar-refractivity contribution < 1.29 is 23.1 Å². The number of hydrogen-bond acceptors (Lipinski definition) is 3. The van der Waals surface area contributed by atoms with E-state index in [2.05, 4.69) is 5.32 Å². The molecule has 3 rings (SSSR count). The second-order valence-corrected chi connectivity index (χ2v) is 6.65. The predicted octanol–water partition coefficient (Wildman–Crippen LogP) is 2.78. The summed E-state index contributed by atoms with van der Waals surface area (Å²) in [7, 11) is 0.